The van der Waals surface area contributed by atoms with Crippen molar-refractivity contribution in [1.29, 1.82) is 0 Å². The molecule has 0 aromatic heterocycles. The average Bonchev–Trinajstić information content (AvgIpc) is 2.54. The summed E-state index contributed by atoms with van der Waals surface area (Å²) in [5, 5.41) is 0. The summed E-state index contributed by atoms with van der Waals surface area (Å²) in [5.41, 5.74) is 1.71. The number of benzene rings is 1. The van der Waals surface area contributed by atoms with Crippen molar-refractivity contribution in [2.45, 2.75) is 38.7 Å². The van der Waals surface area contributed by atoms with Gasteiger partial charge >= 0.3 is 5.97 Å². The highest BCUT2D eigenvalue weighted by Gasteiger charge is 2.16. The molecule has 116 valence electrons. The number of anilines is 1. The smallest absolute Gasteiger partial charge is 0.338 e. The second-order valence-corrected chi connectivity index (χ2v) is 5.56. The van der Waals surface area contributed by atoms with Crippen molar-refractivity contribution in [2.24, 2.45) is 0 Å². The lowest BCUT2D eigenvalue weighted by Crippen LogP contribution is -2.26. The third-order valence-corrected chi connectivity index (χ3v) is 3.78. The van der Waals surface area contributed by atoms with Gasteiger partial charge in [-0.05, 0) is 49.9 Å². The molecule has 4 heteroatoms. The van der Waals surface area contributed by atoms with Gasteiger partial charge in [-0.3, -0.25) is 0 Å². The first-order valence-electron chi connectivity index (χ1n) is 7.80. The van der Waals surface area contributed by atoms with Crippen LogP contribution in [0.4, 0.5) is 5.69 Å². The molecule has 0 N–H and O–H groups in total. The molecule has 1 aliphatic rings. The van der Waals surface area contributed by atoms with E-state index in [4.69, 9.17) is 9.47 Å². The van der Waals surface area contributed by atoms with Crippen LogP contribution in [0.2, 0.25) is 0 Å². The Balaban J connectivity index is 1.84. The highest BCUT2D eigenvalue weighted by atomic mass is 16.6. The predicted octanol–water partition coefficient (Wildman–Crippen LogP) is 3.26. The lowest BCUT2D eigenvalue weighted by atomic mass is 10.1. The highest BCUT2D eigenvalue weighted by Crippen LogP contribution is 2.16. The summed E-state index contributed by atoms with van der Waals surface area (Å²) in [6.07, 6.45) is 4.41. The molecule has 1 unspecified atom stereocenters. The summed E-state index contributed by atoms with van der Waals surface area (Å²) in [4.78, 5) is 14.2. The summed E-state index contributed by atoms with van der Waals surface area (Å²) in [5.74, 6) is -0.270. The van der Waals surface area contributed by atoms with Gasteiger partial charge in [-0.1, -0.05) is 6.92 Å². The third kappa shape index (κ3) is 4.74. The highest BCUT2D eigenvalue weighted by molar-refractivity contribution is 5.89. The maximum Gasteiger partial charge on any atom is 0.338 e. The van der Waals surface area contributed by atoms with Crippen LogP contribution in [0.1, 0.15) is 43.0 Å². The second kappa shape index (κ2) is 8.03. The maximum atomic E-state index is 12.0. The number of esters is 1. The number of carbonyl (C=O) groups is 1. The van der Waals surface area contributed by atoms with Crippen LogP contribution in [0.15, 0.2) is 24.3 Å². The zero-order chi connectivity index (χ0) is 15.1. The van der Waals surface area contributed by atoms with Gasteiger partial charge in [0, 0.05) is 25.9 Å². The fourth-order valence-corrected chi connectivity index (χ4v) is 2.51. The van der Waals surface area contributed by atoms with Gasteiger partial charge in [0.15, 0.2) is 0 Å². The van der Waals surface area contributed by atoms with Gasteiger partial charge in [0.05, 0.1) is 11.7 Å². The minimum absolute atomic E-state index is 0.0673. The van der Waals surface area contributed by atoms with E-state index in [1.165, 1.54) is 0 Å². The van der Waals surface area contributed by atoms with Gasteiger partial charge in [0.25, 0.3) is 0 Å². The Morgan fingerprint density at radius 3 is 2.71 bits per heavy atom. The van der Waals surface area contributed by atoms with E-state index in [1.807, 2.05) is 24.3 Å². The molecule has 0 spiro atoms. The standard InChI is InChI=1S/C17H25NO3/c1-3-11-18(2)15-9-7-14(8-10-15)17(19)21-13-16-6-4-5-12-20-16/h7-10,16H,3-6,11-13H2,1-2H3. The quantitative estimate of drug-likeness (QED) is 0.754. The molecular formula is C17H25NO3. The fraction of sp³-hybridized carbons (Fsp3) is 0.588. The van der Waals surface area contributed by atoms with Crippen LogP contribution in [-0.2, 0) is 9.47 Å². The Morgan fingerprint density at radius 1 is 1.33 bits per heavy atom. The van der Waals surface area contributed by atoms with Gasteiger partial charge in [-0.15, -0.1) is 0 Å². The minimum Gasteiger partial charge on any atom is -0.459 e. The van der Waals surface area contributed by atoms with E-state index in [0.29, 0.717) is 12.2 Å². The molecular weight excluding hydrogens is 266 g/mol. The first kappa shape index (κ1) is 15.8. The monoisotopic (exact) mass is 291 g/mol. The molecule has 2 rings (SSSR count). The van der Waals surface area contributed by atoms with Crippen LogP contribution in [0.3, 0.4) is 0 Å². The Morgan fingerprint density at radius 2 is 2.10 bits per heavy atom. The van der Waals surface area contributed by atoms with Gasteiger partial charge in [-0.2, -0.15) is 0 Å². The van der Waals surface area contributed by atoms with Crippen molar-refractivity contribution in [3.8, 4) is 0 Å². The summed E-state index contributed by atoms with van der Waals surface area (Å²) in [6.45, 7) is 4.29. The molecule has 1 saturated heterocycles. The molecule has 21 heavy (non-hydrogen) atoms. The first-order chi connectivity index (χ1) is 10.2. The molecule has 0 radical (unpaired) electrons. The summed E-state index contributed by atoms with van der Waals surface area (Å²) >= 11 is 0. The van der Waals surface area contributed by atoms with Crippen LogP contribution in [0.5, 0.6) is 0 Å². The van der Waals surface area contributed by atoms with Crippen molar-refractivity contribution >= 4 is 11.7 Å². The normalized spacial score (nSPS) is 18.3. The number of rotatable bonds is 6. The van der Waals surface area contributed by atoms with Gasteiger partial charge < -0.3 is 14.4 Å². The van der Waals surface area contributed by atoms with Crippen LogP contribution < -0.4 is 4.90 Å². The zero-order valence-electron chi connectivity index (χ0n) is 13.0. The van der Waals surface area contributed by atoms with Gasteiger partial charge in [-0.25, -0.2) is 4.79 Å². The summed E-state index contributed by atoms with van der Waals surface area (Å²) in [6, 6.07) is 7.57. The maximum absolute atomic E-state index is 12.0. The molecule has 0 saturated carbocycles. The number of nitrogens with zero attached hydrogens (tertiary/aromatic N) is 1. The number of carbonyl (C=O) groups excluding carboxylic acids is 1. The Kier molecular flexibility index (Phi) is 6.05. The van der Waals surface area contributed by atoms with E-state index in [2.05, 4.69) is 18.9 Å². The molecule has 0 amide bonds. The lowest BCUT2D eigenvalue weighted by molar-refractivity contribution is -0.0300. The van der Waals surface area contributed by atoms with E-state index in [1.54, 1.807) is 0 Å². The first-order valence-corrected chi connectivity index (χ1v) is 7.80. The van der Waals surface area contributed by atoms with Crippen molar-refractivity contribution in [2.75, 3.05) is 31.7 Å². The second-order valence-electron chi connectivity index (χ2n) is 5.56. The molecule has 1 fully saturated rings. The van der Waals surface area contributed by atoms with E-state index in [0.717, 1.165) is 44.5 Å². The minimum atomic E-state index is -0.270. The lowest BCUT2D eigenvalue weighted by Gasteiger charge is -2.22. The SMILES string of the molecule is CCCN(C)c1ccc(C(=O)OCC2CCCCO2)cc1. The molecule has 0 aliphatic carbocycles. The van der Waals surface area contributed by atoms with Crippen molar-refractivity contribution in [3.63, 3.8) is 0 Å². The van der Waals surface area contributed by atoms with Crippen molar-refractivity contribution < 1.29 is 14.3 Å². The molecule has 4 nitrogen and oxygen atoms in total. The van der Waals surface area contributed by atoms with Crippen LogP contribution in [0, 0.1) is 0 Å². The van der Waals surface area contributed by atoms with E-state index < -0.39 is 0 Å². The van der Waals surface area contributed by atoms with Crippen LogP contribution >= 0.6 is 0 Å². The number of hydrogen-bond acceptors (Lipinski definition) is 4. The number of hydrogen-bond donors (Lipinski definition) is 0. The Hall–Kier alpha value is -1.55. The van der Waals surface area contributed by atoms with E-state index in [9.17, 15) is 4.79 Å². The number of ether oxygens (including phenoxy) is 2. The summed E-state index contributed by atoms with van der Waals surface area (Å²) in [7, 11) is 2.05. The molecule has 0 bridgehead atoms. The van der Waals surface area contributed by atoms with E-state index >= 15 is 0 Å². The Labute approximate surface area is 127 Å². The Bertz CT molecular complexity index is 438. The molecule has 1 aromatic carbocycles. The molecule has 1 aliphatic heterocycles. The molecule has 1 atom stereocenters. The fourth-order valence-electron chi connectivity index (χ4n) is 2.51. The summed E-state index contributed by atoms with van der Waals surface area (Å²) < 4.78 is 10.9. The van der Waals surface area contributed by atoms with Gasteiger partial charge in [0.2, 0.25) is 0 Å². The predicted molar refractivity (Wildman–Crippen MR) is 83.9 cm³/mol. The topological polar surface area (TPSA) is 38.8 Å². The van der Waals surface area contributed by atoms with Crippen LogP contribution in [-0.4, -0.2) is 38.9 Å². The molecule has 1 aromatic rings. The largest absolute Gasteiger partial charge is 0.459 e. The van der Waals surface area contributed by atoms with Crippen molar-refractivity contribution in [3.05, 3.63) is 29.8 Å². The zero-order valence-corrected chi connectivity index (χ0v) is 13.0. The molecule has 1 heterocycles. The van der Waals surface area contributed by atoms with E-state index in [-0.39, 0.29) is 12.1 Å². The third-order valence-electron chi connectivity index (χ3n) is 3.78. The van der Waals surface area contributed by atoms with Gasteiger partial charge in [0.1, 0.15) is 6.61 Å². The average molecular weight is 291 g/mol. The van der Waals surface area contributed by atoms with Crippen LogP contribution in [0.25, 0.3) is 0 Å². The van der Waals surface area contributed by atoms with Crippen molar-refractivity contribution in [1.82, 2.24) is 0 Å².